The topological polar surface area (TPSA) is 49.6 Å². The second kappa shape index (κ2) is 5.51. The standard InChI is InChI=1S/C16H19N3O/c17-16(20)19-10-8-18(9-11-19)12-14-6-3-5-13-4-1-2-7-15(13)14/h1-7H,8-12H2,(H2,17,20). The second-order valence-electron chi connectivity index (χ2n) is 5.24. The Bertz CT molecular complexity index is 613. The highest BCUT2D eigenvalue weighted by Crippen LogP contribution is 2.20. The van der Waals surface area contributed by atoms with Crippen LogP contribution in [-0.4, -0.2) is 42.0 Å². The predicted molar refractivity (Wildman–Crippen MR) is 80.4 cm³/mol. The van der Waals surface area contributed by atoms with Crippen LogP contribution in [0.25, 0.3) is 10.8 Å². The van der Waals surface area contributed by atoms with E-state index in [1.54, 1.807) is 4.90 Å². The molecule has 4 nitrogen and oxygen atoms in total. The van der Waals surface area contributed by atoms with Crippen LogP contribution in [0.1, 0.15) is 5.56 Å². The first-order valence-electron chi connectivity index (χ1n) is 6.97. The number of carbonyl (C=O) groups excluding carboxylic acids is 1. The van der Waals surface area contributed by atoms with Crippen LogP contribution >= 0.6 is 0 Å². The van der Waals surface area contributed by atoms with Gasteiger partial charge >= 0.3 is 6.03 Å². The van der Waals surface area contributed by atoms with Crippen molar-refractivity contribution in [3.63, 3.8) is 0 Å². The third kappa shape index (κ3) is 2.60. The molecular formula is C16H19N3O. The quantitative estimate of drug-likeness (QED) is 0.907. The Balaban J connectivity index is 1.73. The Morgan fingerprint density at radius 1 is 1.00 bits per heavy atom. The molecule has 4 heteroatoms. The molecule has 2 N–H and O–H groups in total. The van der Waals surface area contributed by atoms with Gasteiger partial charge < -0.3 is 10.6 Å². The molecule has 0 saturated carbocycles. The summed E-state index contributed by atoms with van der Waals surface area (Å²) in [4.78, 5) is 15.2. The van der Waals surface area contributed by atoms with Gasteiger partial charge in [-0.05, 0) is 16.3 Å². The van der Waals surface area contributed by atoms with E-state index in [9.17, 15) is 4.79 Å². The molecule has 2 amide bonds. The zero-order valence-electron chi connectivity index (χ0n) is 11.5. The van der Waals surface area contributed by atoms with Gasteiger partial charge in [-0.3, -0.25) is 4.90 Å². The molecule has 0 bridgehead atoms. The first-order valence-corrected chi connectivity index (χ1v) is 6.97. The van der Waals surface area contributed by atoms with Crippen molar-refractivity contribution in [1.29, 1.82) is 0 Å². The van der Waals surface area contributed by atoms with Crippen LogP contribution in [0.3, 0.4) is 0 Å². The lowest BCUT2D eigenvalue weighted by Crippen LogP contribution is -2.50. The molecule has 1 aliphatic rings. The zero-order valence-corrected chi connectivity index (χ0v) is 11.5. The maximum absolute atomic E-state index is 11.1. The van der Waals surface area contributed by atoms with Gasteiger partial charge in [-0.1, -0.05) is 42.5 Å². The summed E-state index contributed by atoms with van der Waals surface area (Å²) >= 11 is 0. The van der Waals surface area contributed by atoms with Crippen LogP contribution in [0.4, 0.5) is 4.79 Å². The lowest BCUT2D eigenvalue weighted by molar-refractivity contribution is 0.141. The Kier molecular flexibility index (Phi) is 3.56. The van der Waals surface area contributed by atoms with Gasteiger partial charge in [-0.25, -0.2) is 4.79 Å². The van der Waals surface area contributed by atoms with Crippen molar-refractivity contribution in [2.75, 3.05) is 26.2 Å². The van der Waals surface area contributed by atoms with E-state index >= 15 is 0 Å². The Labute approximate surface area is 118 Å². The number of rotatable bonds is 2. The number of carbonyl (C=O) groups is 1. The van der Waals surface area contributed by atoms with E-state index in [0.717, 1.165) is 32.7 Å². The molecule has 0 aliphatic carbocycles. The van der Waals surface area contributed by atoms with Gasteiger partial charge in [0.2, 0.25) is 0 Å². The summed E-state index contributed by atoms with van der Waals surface area (Å²) < 4.78 is 0. The maximum atomic E-state index is 11.1. The number of fused-ring (bicyclic) bond motifs is 1. The first kappa shape index (κ1) is 12.9. The molecule has 0 unspecified atom stereocenters. The average Bonchev–Trinajstić information content (AvgIpc) is 2.48. The van der Waals surface area contributed by atoms with E-state index in [4.69, 9.17) is 5.73 Å². The van der Waals surface area contributed by atoms with Crippen LogP contribution in [0, 0.1) is 0 Å². The van der Waals surface area contributed by atoms with E-state index in [1.165, 1.54) is 16.3 Å². The largest absolute Gasteiger partial charge is 0.351 e. The highest BCUT2D eigenvalue weighted by atomic mass is 16.2. The lowest BCUT2D eigenvalue weighted by Gasteiger charge is -2.33. The molecule has 1 heterocycles. The number of nitrogens with zero attached hydrogens (tertiary/aromatic N) is 2. The molecule has 1 fully saturated rings. The molecular weight excluding hydrogens is 250 g/mol. The number of hydrogen-bond acceptors (Lipinski definition) is 2. The molecule has 0 radical (unpaired) electrons. The average molecular weight is 269 g/mol. The third-order valence-electron chi connectivity index (χ3n) is 3.96. The molecule has 1 saturated heterocycles. The number of nitrogens with two attached hydrogens (primary N) is 1. The first-order chi connectivity index (χ1) is 9.74. The molecule has 0 atom stereocenters. The van der Waals surface area contributed by atoms with Gasteiger partial charge in [0, 0.05) is 32.7 Å². The van der Waals surface area contributed by atoms with E-state index in [-0.39, 0.29) is 6.03 Å². The van der Waals surface area contributed by atoms with Crippen LogP contribution < -0.4 is 5.73 Å². The summed E-state index contributed by atoms with van der Waals surface area (Å²) in [6.45, 7) is 4.13. The molecule has 3 rings (SSSR count). The number of hydrogen-bond donors (Lipinski definition) is 1. The highest BCUT2D eigenvalue weighted by molar-refractivity contribution is 5.85. The van der Waals surface area contributed by atoms with Crippen molar-refractivity contribution >= 4 is 16.8 Å². The van der Waals surface area contributed by atoms with Crippen molar-refractivity contribution < 1.29 is 4.79 Å². The SMILES string of the molecule is NC(=O)N1CCN(Cc2cccc3ccccc23)CC1. The minimum atomic E-state index is -0.310. The van der Waals surface area contributed by atoms with Gasteiger partial charge in [0.15, 0.2) is 0 Å². The van der Waals surface area contributed by atoms with Crippen molar-refractivity contribution in [3.05, 3.63) is 48.0 Å². The predicted octanol–water partition coefficient (Wildman–Crippen LogP) is 2.04. The highest BCUT2D eigenvalue weighted by Gasteiger charge is 2.19. The number of amides is 2. The lowest BCUT2D eigenvalue weighted by atomic mass is 10.0. The van der Waals surface area contributed by atoms with Gasteiger partial charge in [0.1, 0.15) is 0 Å². The normalized spacial score (nSPS) is 16.5. The molecule has 104 valence electrons. The van der Waals surface area contributed by atoms with Gasteiger partial charge in [-0.2, -0.15) is 0 Å². The molecule has 1 aliphatic heterocycles. The Morgan fingerprint density at radius 3 is 2.45 bits per heavy atom. The minimum absolute atomic E-state index is 0.310. The molecule has 2 aromatic rings. The van der Waals surface area contributed by atoms with E-state index < -0.39 is 0 Å². The smallest absolute Gasteiger partial charge is 0.314 e. The Hall–Kier alpha value is -2.07. The summed E-state index contributed by atoms with van der Waals surface area (Å²) in [5.41, 5.74) is 6.65. The van der Waals surface area contributed by atoms with Crippen molar-refractivity contribution in [2.24, 2.45) is 5.73 Å². The number of urea groups is 1. The number of primary amides is 1. The van der Waals surface area contributed by atoms with Gasteiger partial charge in [0.05, 0.1) is 0 Å². The number of benzene rings is 2. The maximum Gasteiger partial charge on any atom is 0.314 e. The minimum Gasteiger partial charge on any atom is -0.351 e. The van der Waals surface area contributed by atoms with E-state index in [0.29, 0.717) is 0 Å². The third-order valence-corrected chi connectivity index (χ3v) is 3.96. The van der Waals surface area contributed by atoms with Crippen molar-refractivity contribution in [2.45, 2.75) is 6.54 Å². The summed E-state index contributed by atoms with van der Waals surface area (Å²) in [5, 5.41) is 2.59. The van der Waals surface area contributed by atoms with Crippen LogP contribution in [0.2, 0.25) is 0 Å². The van der Waals surface area contributed by atoms with Gasteiger partial charge in [-0.15, -0.1) is 0 Å². The van der Waals surface area contributed by atoms with E-state index in [1.807, 2.05) is 0 Å². The van der Waals surface area contributed by atoms with Crippen LogP contribution in [0.15, 0.2) is 42.5 Å². The van der Waals surface area contributed by atoms with Crippen LogP contribution in [0.5, 0.6) is 0 Å². The molecule has 0 spiro atoms. The fourth-order valence-electron chi connectivity index (χ4n) is 2.80. The summed E-state index contributed by atoms with van der Waals surface area (Å²) in [5.74, 6) is 0. The second-order valence-corrected chi connectivity index (χ2v) is 5.24. The molecule has 2 aromatic carbocycles. The van der Waals surface area contributed by atoms with Crippen LogP contribution in [-0.2, 0) is 6.54 Å². The number of piperazine rings is 1. The summed E-state index contributed by atoms with van der Waals surface area (Å²) in [7, 11) is 0. The van der Waals surface area contributed by atoms with Gasteiger partial charge in [0.25, 0.3) is 0 Å². The molecule has 20 heavy (non-hydrogen) atoms. The molecule has 0 aromatic heterocycles. The Morgan fingerprint density at radius 2 is 1.70 bits per heavy atom. The zero-order chi connectivity index (χ0) is 13.9. The fraction of sp³-hybridized carbons (Fsp3) is 0.312. The van der Waals surface area contributed by atoms with E-state index in [2.05, 4.69) is 47.4 Å². The fourth-order valence-corrected chi connectivity index (χ4v) is 2.80. The summed E-state index contributed by atoms with van der Waals surface area (Å²) in [6, 6.07) is 14.6. The summed E-state index contributed by atoms with van der Waals surface area (Å²) in [6.07, 6.45) is 0. The monoisotopic (exact) mass is 269 g/mol. The van der Waals surface area contributed by atoms with Crippen molar-refractivity contribution in [1.82, 2.24) is 9.80 Å². The van der Waals surface area contributed by atoms with Crippen molar-refractivity contribution in [3.8, 4) is 0 Å².